The predicted octanol–water partition coefficient (Wildman–Crippen LogP) is 12.9. The predicted molar refractivity (Wildman–Crippen MR) is 236 cm³/mol. The second kappa shape index (κ2) is 15.9. The molecule has 4 nitrogen and oxygen atoms in total. The summed E-state index contributed by atoms with van der Waals surface area (Å²) < 4.78 is 0. The van der Waals surface area contributed by atoms with Crippen molar-refractivity contribution >= 4 is 53.2 Å². The van der Waals surface area contributed by atoms with Gasteiger partial charge in [0.05, 0.1) is 12.2 Å². The molecule has 0 bridgehead atoms. The van der Waals surface area contributed by atoms with Crippen LogP contribution >= 0.6 is 0 Å². The van der Waals surface area contributed by atoms with E-state index in [9.17, 15) is 0 Å². The fraction of sp³-hybridized carbons (Fsp3) is 0.0588. The van der Waals surface area contributed by atoms with Crippen LogP contribution in [0.1, 0.15) is 39.8 Å². The van der Waals surface area contributed by atoms with Crippen molar-refractivity contribution in [2.75, 3.05) is 0 Å². The van der Waals surface area contributed by atoms with Gasteiger partial charge in [0.25, 0.3) is 0 Å². The Morgan fingerprint density at radius 2 is 1.27 bits per heavy atom. The van der Waals surface area contributed by atoms with Crippen LogP contribution in [0.4, 0.5) is 5.69 Å². The minimum absolute atomic E-state index is 0.413. The number of amidine groups is 2. The van der Waals surface area contributed by atoms with Crippen molar-refractivity contribution in [3.63, 3.8) is 0 Å². The summed E-state index contributed by atoms with van der Waals surface area (Å²) in [6.45, 7) is 12.4. The van der Waals surface area contributed by atoms with Crippen LogP contribution in [0.2, 0.25) is 0 Å². The molecule has 0 aliphatic carbocycles. The summed E-state index contributed by atoms with van der Waals surface area (Å²) in [7, 11) is 0. The maximum Gasteiger partial charge on any atom is 0.161 e. The van der Waals surface area contributed by atoms with Crippen molar-refractivity contribution in [2.24, 2.45) is 20.0 Å². The van der Waals surface area contributed by atoms with E-state index >= 15 is 0 Å². The number of rotatable bonds is 9. The van der Waals surface area contributed by atoms with Crippen LogP contribution in [-0.4, -0.2) is 24.6 Å². The fourth-order valence-corrected chi connectivity index (χ4v) is 7.38. The molecule has 0 saturated carbocycles. The third-order valence-corrected chi connectivity index (χ3v) is 10.1. The molecule has 0 aromatic heterocycles. The van der Waals surface area contributed by atoms with E-state index in [4.69, 9.17) is 15.0 Å². The molecule has 0 N–H and O–H groups in total. The number of nitrogens with zero attached hydrogens (tertiary/aromatic N) is 4. The summed E-state index contributed by atoms with van der Waals surface area (Å²) in [4.78, 5) is 19.3. The molecule has 264 valence electrons. The quantitative estimate of drug-likeness (QED) is 0.106. The van der Waals surface area contributed by atoms with E-state index in [0.29, 0.717) is 18.2 Å². The second-order valence-electron chi connectivity index (χ2n) is 13.5. The minimum Gasteiger partial charge on any atom is -0.261 e. The molecule has 0 atom stereocenters. The lowest BCUT2D eigenvalue weighted by Crippen LogP contribution is -2.05. The first-order chi connectivity index (χ1) is 27.1. The van der Waals surface area contributed by atoms with Gasteiger partial charge in [0.15, 0.2) is 11.7 Å². The third-order valence-electron chi connectivity index (χ3n) is 10.1. The van der Waals surface area contributed by atoms with E-state index < -0.39 is 0 Å². The topological polar surface area (TPSA) is 49.4 Å². The Morgan fingerprint density at radius 3 is 1.98 bits per heavy atom. The van der Waals surface area contributed by atoms with Gasteiger partial charge in [0.2, 0.25) is 0 Å². The highest BCUT2D eigenvalue weighted by molar-refractivity contribution is 6.12. The van der Waals surface area contributed by atoms with Crippen LogP contribution in [0.5, 0.6) is 0 Å². The number of aliphatic imine (C=N–C) groups is 4. The molecule has 1 aliphatic rings. The standard InChI is InChI=1S/C51H40N4/c1-4-36-33-48(47-23-13-12-22-46(47)44(36)5-2)38-27-25-37(26-28-38)42-30-35(31-43(32-42)45-24-14-20-39-21-15-29-53-49(39)45)34-54-51(41-18-10-7-11-19-41)55-50(52-3)40-16-8-6-9-17-40/h4-14,16-20,22-33H,1-3,15,21,34H2. The second-order valence-corrected chi connectivity index (χ2v) is 13.5. The lowest BCUT2D eigenvalue weighted by molar-refractivity contribution is 1.03. The summed E-state index contributed by atoms with van der Waals surface area (Å²) >= 11 is 0. The highest BCUT2D eigenvalue weighted by Crippen LogP contribution is 2.39. The molecule has 55 heavy (non-hydrogen) atoms. The Bertz CT molecular complexity index is 2650. The van der Waals surface area contributed by atoms with E-state index in [1.54, 1.807) is 0 Å². The molecule has 7 aromatic carbocycles. The number of aryl methyl sites for hydroxylation is 1. The first-order valence-corrected chi connectivity index (χ1v) is 18.5. The summed E-state index contributed by atoms with van der Waals surface area (Å²) in [5, 5.41) is 2.35. The Hall–Kier alpha value is -7.04. The zero-order valence-electron chi connectivity index (χ0n) is 30.7. The minimum atomic E-state index is 0.413. The summed E-state index contributed by atoms with van der Waals surface area (Å²) in [6, 6.07) is 52.8. The first-order valence-electron chi connectivity index (χ1n) is 18.5. The third kappa shape index (κ3) is 7.31. The van der Waals surface area contributed by atoms with Gasteiger partial charge < -0.3 is 0 Å². The number of benzene rings is 7. The van der Waals surface area contributed by atoms with Gasteiger partial charge in [-0.3, -0.25) is 9.98 Å². The molecular formula is C51H40N4. The normalized spacial score (nSPS) is 12.7. The van der Waals surface area contributed by atoms with E-state index in [0.717, 1.165) is 79.7 Å². The summed E-state index contributed by atoms with van der Waals surface area (Å²) in [6.07, 6.45) is 7.80. The number of fused-ring (bicyclic) bond motifs is 2. The molecule has 0 radical (unpaired) electrons. The van der Waals surface area contributed by atoms with Gasteiger partial charge in [-0.2, -0.15) is 0 Å². The van der Waals surface area contributed by atoms with Crippen LogP contribution in [0.15, 0.2) is 185 Å². The van der Waals surface area contributed by atoms with Crippen molar-refractivity contribution in [1.29, 1.82) is 0 Å². The van der Waals surface area contributed by atoms with Crippen LogP contribution in [0.3, 0.4) is 0 Å². The van der Waals surface area contributed by atoms with Crippen molar-refractivity contribution in [2.45, 2.75) is 19.4 Å². The molecule has 1 heterocycles. The average molecular weight is 709 g/mol. The number of hydrogen-bond donors (Lipinski definition) is 0. The van der Waals surface area contributed by atoms with Crippen LogP contribution < -0.4 is 0 Å². The Labute approximate surface area is 323 Å². The van der Waals surface area contributed by atoms with Gasteiger partial charge >= 0.3 is 0 Å². The van der Waals surface area contributed by atoms with Crippen LogP contribution in [-0.2, 0) is 13.0 Å². The van der Waals surface area contributed by atoms with Crippen molar-refractivity contribution in [3.8, 4) is 33.4 Å². The molecule has 0 saturated heterocycles. The highest BCUT2D eigenvalue weighted by atomic mass is 15.0. The van der Waals surface area contributed by atoms with Gasteiger partial charge in [0.1, 0.15) is 0 Å². The van der Waals surface area contributed by atoms with Gasteiger partial charge in [-0.05, 0) is 105 Å². The monoisotopic (exact) mass is 708 g/mol. The van der Waals surface area contributed by atoms with Crippen molar-refractivity contribution in [1.82, 2.24) is 0 Å². The largest absolute Gasteiger partial charge is 0.261 e. The maximum atomic E-state index is 5.14. The van der Waals surface area contributed by atoms with E-state index in [-0.39, 0.29) is 0 Å². The van der Waals surface area contributed by atoms with Gasteiger partial charge in [-0.15, -0.1) is 0 Å². The van der Waals surface area contributed by atoms with Gasteiger partial charge in [-0.1, -0.05) is 153 Å². The first kappa shape index (κ1) is 35.0. The van der Waals surface area contributed by atoms with E-state index in [1.807, 2.05) is 79.0 Å². The van der Waals surface area contributed by atoms with Crippen molar-refractivity contribution in [3.05, 3.63) is 198 Å². The lowest BCUT2D eigenvalue weighted by Gasteiger charge is -2.16. The van der Waals surface area contributed by atoms with Crippen LogP contribution in [0.25, 0.3) is 56.3 Å². The Morgan fingerprint density at radius 1 is 0.600 bits per heavy atom. The maximum absolute atomic E-state index is 5.14. The molecular weight excluding hydrogens is 669 g/mol. The average Bonchev–Trinajstić information content (AvgIpc) is 3.26. The molecule has 7 aromatic rings. The van der Waals surface area contributed by atoms with Crippen molar-refractivity contribution < 1.29 is 0 Å². The lowest BCUT2D eigenvalue weighted by atomic mass is 9.89. The zero-order valence-corrected chi connectivity index (χ0v) is 30.7. The molecule has 8 rings (SSSR count). The smallest absolute Gasteiger partial charge is 0.161 e. The Kier molecular flexibility index (Phi) is 10.1. The molecule has 0 fully saturated rings. The SMILES string of the molecule is C=Cc1cc(-c2ccc(-c3cc(CN=C(N=C(N=C)c4ccccc4)c4ccccc4)cc(-c4cccc5c4N=CCC5)c3)cc2)c2ccccc2c1C=C. The molecule has 4 heteroatoms. The fourth-order valence-electron chi connectivity index (χ4n) is 7.38. The van der Waals surface area contributed by atoms with E-state index in [1.165, 1.54) is 16.3 Å². The summed E-state index contributed by atoms with van der Waals surface area (Å²) in [5.41, 5.74) is 14.1. The van der Waals surface area contributed by atoms with Gasteiger partial charge in [0, 0.05) is 22.9 Å². The van der Waals surface area contributed by atoms with Gasteiger partial charge in [-0.25, -0.2) is 9.98 Å². The molecule has 0 amide bonds. The van der Waals surface area contributed by atoms with E-state index in [2.05, 4.69) is 116 Å². The van der Waals surface area contributed by atoms with Crippen LogP contribution in [0, 0.1) is 0 Å². The molecule has 0 unspecified atom stereocenters. The number of para-hydroxylation sites is 1. The molecule has 1 aliphatic heterocycles. The molecule has 0 spiro atoms. The highest BCUT2D eigenvalue weighted by Gasteiger charge is 2.16. The number of hydrogen-bond acceptors (Lipinski definition) is 2. The Balaban J connectivity index is 1.24. The summed E-state index contributed by atoms with van der Waals surface area (Å²) in [5.74, 6) is 1.12. The zero-order chi connectivity index (χ0) is 37.6.